The summed E-state index contributed by atoms with van der Waals surface area (Å²) in [6.45, 7) is 4.84. The fourth-order valence-corrected chi connectivity index (χ4v) is 3.88. The van der Waals surface area contributed by atoms with E-state index in [1.807, 2.05) is 4.90 Å². The van der Waals surface area contributed by atoms with Crippen molar-refractivity contribution in [1.82, 2.24) is 15.1 Å². The summed E-state index contributed by atoms with van der Waals surface area (Å²) < 4.78 is 0. The second-order valence-electron chi connectivity index (χ2n) is 7.14. The summed E-state index contributed by atoms with van der Waals surface area (Å²) in [4.78, 5) is 16.3. The maximum Gasteiger partial charge on any atom is 0.224 e. The maximum atomic E-state index is 12.1. The van der Waals surface area contributed by atoms with Crippen molar-refractivity contribution in [3.63, 3.8) is 0 Å². The number of likely N-dealkylation sites (tertiary alicyclic amines) is 1. The van der Waals surface area contributed by atoms with Crippen molar-refractivity contribution >= 4 is 5.91 Å². The number of rotatable bonds is 5. The van der Waals surface area contributed by atoms with Crippen LogP contribution in [0.5, 0.6) is 0 Å². The molecular weight excluding hydrogens is 282 g/mol. The van der Waals surface area contributed by atoms with Crippen LogP contribution in [0.4, 0.5) is 0 Å². The Morgan fingerprint density at radius 1 is 1.27 bits per heavy atom. The number of hydrogen-bond donors (Lipinski definition) is 3. The summed E-state index contributed by atoms with van der Waals surface area (Å²) in [5.74, 6) is 0.139. The van der Waals surface area contributed by atoms with Crippen molar-refractivity contribution in [3.05, 3.63) is 0 Å². The summed E-state index contributed by atoms with van der Waals surface area (Å²) in [5, 5.41) is 23.2. The van der Waals surface area contributed by atoms with Gasteiger partial charge in [-0.15, -0.1) is 0 Å². The Hall–Kier alpha value is -0.690. The van der Waals surface area contributed by atoms with Crippen LogP contribution < -0.4 is 5.32 Å². The zero-order valence-corrected chi connectivity index (χ0v) is 13.3. The Morgan fingerprint density at radius 3 is 2.77 bits per heavy atom. The van der Waals surface area contributed by atoms with Crippen LogP contribution in [0.15, 0.2) is 0 Å². The highest BCUT2D eigenvalue weighted by Gasteiger charge is 2.51. The largest absolute Gasteiger partial charge is 0.394 e. The van der Waals surface area contributed by atoms with Crippen molar-refractivity contribution in [3.8, 4) is 0 Å². The van der Waals surface area contributed by atoms with Gasteiger partial charge < -0.3 is 25.3 Å². The van der Waals surface area contributed by atoms with E-state index >= 15 is 0 Å². The van der Waals surface area contributed by atoms with Gasteiger partial charge in [0.2, 0.25) is 5.91 Å². The molecule has 2 aliphatic heterocycles. The molecule has 1 saturated carbocycles. The molecular formula is C16H29N3O3. The minimum absolute atomic E-state index is 0.0199. The van der Waals surface area contributed by atoms with Crippen molar-refractivity contribution in [2.75, 3.05) is 45.9 Å². The number of nitrogens with zero attached hydrogens (tertiary/aromatic N) is 2. The Kier molecular flexibility index (Phi) is 5.02. The van der Waals surface area contributed by atoms with E-state index in [1.54, 1.807) is 0 Å². The van der Waals surface area contributed by atoms with E-state index in [2.05, 4.69) is 10.2 Å². The SMILES string of the molecule is O=C1CCNCCN1C(CO)CCN1CCC2(CC2)C(O)C1. The van der Waals surface area contributed by atoms with Crippen LogP contribution in [0.25, 0.3) is 0 Å². The quantitative estimate of drug-likeness (QED) is 0.632. The van der Waals surface area contributed by atoms with E-state index in [9.17, 15) is 15.0 Å². The number of β-amino-alcohol motifs (C(OH)–C–C–N with tert-alkyl or cyclic N) is 1. The number of carbonyl (C=O) groups is 1. The van der Waals surface area contributed by atoms with Crippen molar-refractivity contribution < 1.29 is 15.0 Å². The van der Waals surface area contributed by atoms with Gasteiger partial charge in [-0.25, -0.2) is 0 Å². The first-order chi connectivity index (χ1) is 10.6. The molecule has 2 saturated heterocycles. The number of amides is 1. The standard InChI is InChI=1S/C16H29N3O3/c20-12-13(19-10-7-17-6-1-15(19)22)2-8-18-9-5-16(3-4-16)14(21)11-18/h13-14,17,20-21H,1-12H2. The minimum Gasteiger partial charge on any atom is -0.394 e. The highest BCUT2D eigenvalue weighted by atomic mass is 16.3. The number of aliphatic hydroxyl groups is 2. The highest BCUT2D eigenvalue weighted by Crippen LogP contribution is 2.53. The van der Waals surface area contributed by atoms with Gasteiger partial charge in [0.1, 0.15) is 0 Å². The fourth-order valence-electron chi connectivity index (χ4n) is 3.88. The lowest BCUT2D eigenvalue weighted by Gasteiger charge is -2.38. The zero-order valence-electron chi connectivity index (χ0n) is 13.3. The second-order valence-corrected chi connectivity index (χ2v) is 7.14. The average molecular weight is 311 g/mol. The number of carbonyl (C=O) groups excluding carboxylic acids is 1. The summed E-state index contributed by atoms with van der Waals surface area (Å²) in [5.41, 5.74) is 0.235. The van der Waals surface area contributed by atoms with Gasteiger partial charge in [0, 0.05) is 39.1 Å². The van der Waals surface area contributed by atoms with Gasteiger partial charge in [0.15, 0.2) is 0 Å². The number of aliphatic hydroxyl groups excluding tert-OH is 2. The van der Waals surface area contributed by atoms with E-state index in [4.69, 9.17) is 0 Å². The third kappa shape index (κ3) is 3.45. The van der Waals surface area contributed by atoms with Crippen LogP contribution in [0.2, 0.25) is 0 Å². The molecule has 2 unspecified atom stereocenters. The van der Waals surface area contributed by atoms with E-state index in [0.29, 0.717) is 13.0 Å². The van der Waals surface area contributed by atoms with Crippen molar-refractivity contribution in [2.45, 2.75) is 44.2 Å². The van der Waals surface area contributed by atoms with Gasteiger partial charge in [-0.05, 0) is 37.6 Å². The van der Waals surface area contributed by atoms with Gasteiger partial charge in [-0.3, -0.25) is 4.79 Å². The molecule has 1 amide bonds. The molecule has 3 rings (SSSR count). The molecule has 1 aliphatic carbocycles. The second kappa shape index (κ2) is 6.83. The molecule has 0 radical (unpaired) electrons. The lowest BCUT2D eigenvalue weighted by Crippen LogP contribution is -2.48. The van der Waals surface area contributed by atoms with Crippen molar-refractivity contribution in [2.24, 2.45) is 5.41 Å². The highest BCUT2D eigenvalue weighted by molar-refractivity contribution is 5.77. The number of nitrogens with one attached hydrogen (secondary N) is 1. The molecule has 3 fully saturated rings. The van der Waals surface area contributed by atoms with Gasteiger partial charge in [0.25, 0.3) is 0 Å². The summed E-state index contributed by atoms with van der Waals surface area (Å²) in [7, 11) is 0. The molecule has 2 atom stereocenters. The topological polar surface area (TPSA) is 76.0 Å². The predicted octanol–water partition coefficient (Wildman–Crippen LogP) is -0.594. The minimum atomic E-state index is -0.196. The molecule has 0 aromatic carbocycles. The molecule has 0 aromatic heterocycles. The number of hydrogen-bond acceptors (Lipinski definition) is 5. The van der Waals surface area contributed by atoms with Crippen LogP contribution >= 0.6 is 0 Å². The van der Waals surface area contributed by atoms with Crippen molar-refractivity contribution in [1.29, 1.82) is 0 Å². The Morgan fingerprint density at radius 2 is 2.09 bits per heavy atom. The van der Waals surface area contributed by atoms with Gasteiger partial charge in [0.05, 0.1) is 18.8 Å². The Balaban J connectivity index is 1.49. The third-order valence-electron chi connectivity index (χ3n) is 5.75. The van der Waals surface area contributed by atoms with Gasteiger partial charge >= 0.3 is 0 Å². The Labute approximate surface area is 132 Å². The zero-order chi connectivity index (χ0) is 15.6. The maximum absolute atomic E-state index is 12.1. The lowest BCUT2D eigenvalue weighted by atomic mass is 9.90. The van der Waals surface area contributed by atoms with Gasteiger partial charge in [-0.2, -0.15) is 0 Å². The van der Waals surface area contributed by atoms with E-state index in [1.165, 1.54) is 12.8 Å². The monoisotopic (exact) mass is 311 g/mol. The summed E-state index contributed by atoms with van der Waals surface area (Å²) >= 11 is 0. The Bertz CT molecular complexity index is 400. The van der Waals surface area contributed by atoms with Gasteiger partial charge in [-0.1, -0.05) is 0 Å². The molecule has 22 heavy (non-hydrogen) atoms. The molecule has 1 spiro atoms. The third-order valence-corrected chi connectivity index (χ3v) is 5.75. The summed E-state index contributed by atoms with van der Waals surface area (Å²) in [6.07, 6.45) is 4.54. The molecule has 2 heterocycles. The first-order valence-electron chi connectivity index (χ1n) is 8.66. The molecule has 3 N–H and O–H groups in total. The molecule has 0 aromatic rings. The smallest absolute Gasteiger partial charge is 0.224 e. The van der Waals surface area contributed by atoms with Crippen LogP contribution in [0, 0.1) is 5.41 Å². The van der Waals surface area contributed by atoms with E-state index in [-0.39, 0.29) is 30.1 Å². The predicted molar refractivity (Wildman–Crippen MR) is 83.4 cm³/mol. The van der Waals surface area contributed by atoms with E-state index in [0.717, 1.165) is 45.6 Å². The fraction of sp³-hybridized carbons (Fsp3) is 0.938. The van der Waals surface area contributed by atoms with Crippen LogP contribution in [0.1, 0.15) is 32.1 Å². The molecule has 3 aliphatic rings. The van der Waals surface area contributed by atoms with Crippen LogP contribution in [0.3, 0.4) is 0 Å². The first kappa shape index (κ1) is 16.2. The van der Waals surface area contributed by atoms with Crippen LogP contribution in [-0.4, -0.2) is 83.9 Å². The molecule has 6 nitrogen and oxygen atoms in total. The van der Waals surface area contributed by atoms with Crippen LogP contribution in [-0.2, 0) is 4.79 Å². The molecule has 0 bridgehead atoms. The first-order valence-corrected chi connectivity index (χ1v) is 8.66. The molecule has 6 heteroatoms. The average Bonchev–Trinajstić information content (AvgIpc) is 3.31. The normalized spacial score (nSPS) is 30.4. The summed E-state index contributed by atoms with van der Waals surface area (Å²) in [6, 6.07) is -0.0960. The number of piperidine rings is 1. The van der Waals surface area contributed by atoms with E-state index < -0.39 is 0 Å². The lowest BCUT2D eigenvalue weighted by molar-refractivity contribution is -0.133. The molecule has 126 valence electrons.